The van der Waals surface area contributed by atoms with E-state index >= 15 is 0 Å². The Hall–Kier alpha value is -3.39. The number of furan rings is 1. The zero-order valence-electron chi connectivity index (χ0n) is 15.1. The van der Waals surface area contributed by atoms with E-state index in [1.165, 1.54) is 11.3 Å². The number of nitrogens with one attached hydrogen (secondary N) is 1. The Bertz CT molecular complexity index is 1080. The van der Waals surface area contributed by atoms with Crippen LogP contribution in [0, 0.1) is 6.92 Å². The molecule has 4 rings (SSSR count). The van der Waals surface area contributed by atoms with Crippen LogP contribution in [0.5, 0.6) is 0 Å². The van der Waals surface area contributed by atoms with E-state index in [0.29, 0.717) is 35.9 Å². The van der Waals surface area contributed by atoms with Crippen LogP contribution in [-0.2, 0) is 11.2 Å². The number of anilines is 1. The molecule has 0 aliphatic heterocycles. The number of hydrogen-bond donors (Lipinski definition) is 1. The van der Waals surface area contributed by atoms with Crippen LogP contribution in [0.3, 0.4) is 0 Å². The molecule has 0 aliphatic rings. The number of nitrogens with zero attached hydrogens (tertiary/aromatic N) is 4. The van der Waals surface area contributed by atoms with E-state index in [0.717, 1.165) is 16.3 Å². The summed E-state index contributed by atoms with van der Waals surface area (Å²) in [5.41, 5.74) is 1.65. The normalized spacial score (nSPS) is 10.8. The molecule has 0 aromatic carbocycles. The molecule has 1 amide bonds. The first-order valence-electron chi connectivity index (χ1n) is 8.72. The molecule has 8 heteroatoms. The van der Waals surface area contributed by atoms with E-state index in [9.17, 15) is 4.79 Å². The van der Waals surface area contributed by atoms with Crippen molar-refractivity contribution in [2.75, 3.05) is 5.32 Å². The maximum Gasteiger partial charge on any atom is 0.225 e. The van der Waals surface area contributed by atoms with Gasteiger partial charge in [0.05, 0.1) is 0 Å². The molecule has 0 atom stereocenters. The smallest absolute Gasteiger partial charge is 0.225 e. The third-order valence-corrected chi connectivity index (χ3v) is 4.76. The zero-order chi connectivity index (χ0) is 19.3. The Morgan fingerprint density at radius 1 is 1.21 bits per heavy atom. The van der Waals surface area contributed by atoms with Crippen LogP contribution in [0.25, 0.3) is 22.3 Å². The maximum absolute atomic E-state index is 12.4. The monoisotopic (exact) mass is 391 g/mol. The third kappa shape index (κ3) is 4.29. The molecule has 28 heavy (non-hydrogen) atoms. The van der Waals surface area contributed by atoms with Crippen LogP contribution in [0.2, 0.25) is 0 Å². The molecule has 0 spiro atoms. The molecule has 4 aromatic heterocycles. The Balaban J connectivity index is 1.57. The molecule has 0 radical (unpaired) electrons. The summed E-state index contributed by atoms with van der Waals surface area (Å²) >= 11 is 1.47. The van der Waals surface area contributed by atoms with Crippen molar-refractivity contribution in [3.63, 3.8) is 0 Å². The largest absolute Gasteiger partial charge is 0.458 e. The summed E-state index contributed by atoms with van der Waals surface area (Å²) in [5.74, 6) is 2.00. The first-order valence-corrected chi connectivity index (χ1v) is 9.60. The van der Waals surface area contributed by atoms with Gasteiger partial charge in [0.1, 0.15) is 22.3 Å². The average Bonchev–Trinajstić information content (AvgIpc) is 3.39. The predicted octanol–water partition coefficient (Wildman–Crippen LogP) is 4.13. The molecule has 140 valence electrons. The van der Waals surface area contributed by atoms with Crippen LogP contribution in [0.4, 0.5) is 5.82 Å². The lowest BCUT2D eigenvalue weighted by molar-refractivity contribution is -0.116. The molecular weight excluding hydrogens is 374 g/mol. The number of aromatic nitrogens is 4. The fourth-order valence-corrected chi connectivity index (χ4v) is 3.24. The number of aryl methyl sites for hydroxylation is 2. The van der Waals surface area contributed by atoms with E-state index in [2.05, 4.69) is 25.3 Å². The quantitative estimate of drug-likeness (QED) is 0.531. The van der Waals surface area contributed by atoms with Gasteiger partial charge in [-0.3, -0.25) is 9.78 Å². The lowest BCUT2D eigenvalue weighted by Gasteiger charge is -2.08. The Morgan fingerprint density at radius 2 is 2.14 bits per heavy atom. The van der Waals surface area contributed by atoms with Gasteiger partial charge in [-0.1, -0.05) is 6.07 Å². The minimum Gasteiger partial charge on any atom is -0.458 e. The van der Waals surface area contributed by atoms with E-state index in [1.807, 2.05) is 36.6 Å². The number of pyridine rings is 1. The highest BCUT2D eigenvalue weighted by atomic mass is 32.1. The second kappa shape index (κ2) is 8.10. The fourth-order valence-electron chi connectivity index (χ4n) is 2.64. The van der Waals surface area contributed by atoms with Crippen molar-refractivity contribution >= 4 is 23.1 Å². The Labute approximate surface area is 165 Å². The number of carbonyl (C=O) groups is 1. The Morgan fingerprint density at radius 3 is 2.86 bits per heavy atom. The van der Waals surface area contributed by atoms with Gasteiger partial charge in [0.2, 0.25) is 5.91 Å². The van der Waals surface area contributed by atoms with Crippen LogP contribution in [0.15, 0.2) is 58.7 Å². The number of carbonyl (C=O) groups excluding carboxylic acids is 1. The van der Waals surface area contributed by atoms with Crippen molar-refractivity contribution in [1.82, 2.24) is 19.9 Å². The highest BCUT2D eigenvalue weighted by molar-refractivity contribution is 7.13. The topological polar surface area (TPSA) is 93.8 Å². The lowest BCUT2D eigenvalue weighted by Crippen LogP contribution is -2.14. The lowest BCUT2D eigenvalue weighted by atomic mass is 10.1. The molecule has 0 bridgehead atoms. The summed E-state index contributed by atoms with van der Waals surface area (Å²) in [4.78, 5) is 29.8. The van der Waals surface area contributed by atoms with Gasteiger partial charge in [0, 0.05) is 36.5 Å². The predicted molar refractivity (Wildman–Crippen MR) is 107 cm³/mol. The van der Waals surface area contributed by atoms with Gasteiger partial charge in [-0.2, -0.15) is 0 Å². The van der Waals surface area contributed by atoms with Gasteiger partial charge >= 0.3 is 0 Å². The molecule has 0 unspecified atom stereocenters. The number of amides is 1. The third-order valence-electron chi connectivity index (χ3n) is 3.97. The van der Waals surface area contributed by atoms with Crippen molar-refractivity contribution < 1.29 is 9.21 Å². The van der Waals surface area contributed by atoms with Gasteiger partial charge in [-0.05, 0) is 37.1 Å². The number of thiazole rings is 1. The number of hydrogen-bond acceptors (Lipinski definition) is 7. The van der Waals surface area contributed by atoms with Crippen LogP contribution < -0.4 is 5.32 Å². The fraction of sp³-hybridized carbons (Fsp3) is 0.150. The van der Waals surface area contributed by atoms with Gasteiger partial charge in [0.25, 0.3) is 0 Å². The molecule has 0 aliphatic carbocycles. The first kappa shape index (κ1) is 18.0. The summed E-state index contributed by atoms with van der Waals surface area (Å²) in [6.45, 7) is 1.86. The van der Waals surface area contributed by atoms with Gasteiger partial charge in [-0.25, -0.2) is 15.0 Å². The molecular formula is C20H17N5O2S. The van der Waals surface area contributed by atoms with Crippen molar-refractivity contribution in [1.29, 1.82) is 0 Å². The van der Waals surface area contributed by atoms with Gasteiger partial charge in [-0.15, -0.1) is 11.3 Å². The van der Waals surface area contributed by atoms with E-state index in [1.54, 1.807) is 24.7 Å². The molecule has 0 saturated heterocycles. The molecule has 4 aromatic rings. The van der Waals surface area contributed by atoms with Crippen LogP contribution in [-0.4, -0.2) is 25.8 Å². The second-order valence-corrected chi connectivity index (χ2v) is 7.01. The van der Waals surface area contributed by atoms with E-state index in [4.69, 9.17) is 4.42 Å². The highest BCUT2D eigenvalue weighted by Crippen LogP contribution is 2.26. The zero-order valence-corrected chi connectivity index (χ0v) is 15.9. The highest BCUT2D eigenvalue weighted by Gasteiger charge is 2.14. The van der Waals surface area contributed by atoms with Crippen molar-refractivity contribution in [2.24, 2.45) is 0 Å². The second-order valence-electron chi connectivity index (χ2n) is 6.12. The summed E-state index contributed by atoms with van der Waals surface area (Å²) in [6, 6.07) is 9.18. The van der Waals surface area contributed by atoms with Gasteiger partial charge < -0.3 is 9.73 Å². The summed E-state index contributed by atoms with van der Waals surface area (Å²) in [6.07, 6.45) is 6.12. The summed E-state index contributed by atoms with van der Waals surface area (Å²) < 4.78 is 5.65. The van der Waals surface area contributed by atoms with Crippen LogP contribution >= 0.6 is 11.3 Å². The van der Waals surface area contributed by atoms with Crippen molar-refractivity contribution in [3.8, 4) is 22.3 Å². The summed E-state index contributed by atoms with van der Waals surface area (Å²) in [5, 5.41) is 5.48. The van der Waals surface area contributed by atoms with E-state index in [-0.39, 0.29) is 5.91 Å². The molecule has 4 heterocycles. The summed E-state index contributed by atoms with van der Waals surface area (Å²) in [7, 11) is 0. The SMILES string of the molecule is Cc1ccc(-c2nc(NC(=O)CCc3cccnc3)cc(-c3nccs3)n2)o1. The maximum atomic E-state index is 12.4. The molecule has 0 fully saturated rings. The average molecular weight is 391 g/mol. The standard InChI is InChI=1S/C20H17N5O2S/c1-13-4-6-16(27-13)19-23-15(20-22-9-10-28-20)11-17(25-19)24-18(26)7-5-14-3-2-8-21-12-14/h2-4,6,8-12H,5,7H2,1H3,(H,23,24,25,26). The minimum atomic E-state index is -0.130. The Kier molecular flexibility index (Phi) is 5.20. The molecule has 1 N–H and O–H groups in total. The first-order chi connectivity index (χ1) is 13.7. The van der Waals surface area contributed by atoms with Crippen molar-refractivity contribution in [3.05, 3.63) is 65.6 Å². The molecule has 7 nitrogen and oxygen atoms in total. The number of rotatable bonds is 6. The molecule has 0 saturated carbocycles. The van der Waals surface area contributed by atoms with E-state index < -0.39 is 0 Å². The minimum absolute atomic E-state index is 0.130. The van der Waals surface area contributed by atoms with Gasteiger partial charge in [0.15, 0.2) is 11.6 Å². The van der Waals surface area contributed by atoms with Crippen molar-refractivity contribution in [2.45, 2.75) is 19.8 Å². The van der Waals surface area contributed by atoms with Crippen LogP contribution in [0.1, 0.15) is 17.7 Å².